The highest BCUT2D eigenvalue weighted by Gasteiger charge is 2.15. The molecule has 0 aliphatic carbocycles. The Hall–Kier alpha value is -3.34. The van der Waals surface area contributed by atoms with Crippen LogP contribution in [-0.4, -0.2) is 15.0 Å². The fourth-order valence-electron chi connectivity index (χ4n) is 3.20. The normalized spacial score (nSPS) is 11.1. The number of anilines is 1. The Labute approximate surface area is 144 Å². The van der Waals surface area contributed by atoms with Gasteiger partial charge in [-0.15, -0.1) is 0 Å². The standard InChI is InChI=1S/C20H17N3O2/c1-22-11-10-15-17(8-5-9-18(15)22)21-19(24)16-12-23(2)20(25)14-7-4-3-6-13(14)16/h3-12H,1-2H3,(H,21,24). The Balaban J connectivity index is 1.83. The van der Waals surface area contributed by atoms with Gasteiger partial charge in [0, 0.05) is 48.2 Å². The Bertz CT molecular complexity index is 1180. The molecule has 124 valence electrons. The zero-order chi connectivity index (χ0) is 17.6. The van der Waals surface area contributed by atoms with Gasteiger partial charge in [-0.25, -0.2) is 0 Å². The highest BCUT2D eigenvalue weighted by molar-refractivity contribution is 6.14. The first-order chi connectivity index (χ1) is 12.1. The number of hydrogen-bond donors (Lipinski definition) is 1. The third-order valence-corrected chi connectivity index (χ3v) is 4.51. The molecule has 0 saturated heterocycles. The van der Waals surface area contributed by atoms with Crippen molar-refractivity contribution in [3.63, 3.8) is 0 Å². The zero-order valence-electron chi connectivity index (χ0n) is 14.0. The molecule has 4 aromatic rings. The van der Waals surface area contributed by atoms with Crippen molar-refractivity contribution in [1.29, 1.82) is 0 Å². The fraction of sp³-hybridized carbons (Fsp3) is 0.100. The largest absolute Gasteiger partial charge is 0.350 e. The third kappa shape index (κ3) is 2.41. The van der Waals surface area contributed by atoms with Gasteiger partial charge in [0.05, 0.1) is 11.3 Å². The third-order valence-electron chi connectivity index (χ3n) is 4.51. The van der Waals surface area contributed by atoms with E-state index in [0.717, 1.165) is 16.6 Å². The van der Waals surface area contributed by atoms with Crippen molar-refractivity contribution in [2.24, 2.45) is 14.1 Å². The maximum Gasteiger partial charge on any atom is 0.258 e. The molecular weight excluding hydrogens is 314 g/mol. The van der Waals surface area contributed by atoms with E-state index in [1.165, 1.54) is 4.57 Å². The second-order valence-electron chi connectivity index (χ2n) is 6.12. The molecule has 0 saturated carbocycles. The van der Waals surface area contributed by atoms with Crippen molar-refractivity contribution in [2.45, 2.75) is 0 Å². The Morgan fingerprint density at radius 3 is 2.44 bits per heavy atom. The average Bonchev–Trinajstić information content (AvgIpc) is 3.00. The Kier molecular flexibility index (Phi) is 3.42. The maximum atomic E-state index is 12.9. The minimum absolute atomic E-state index is 0.114. The second-order valence-corrected chi connectivity index (χ2v) is 6.12. The van der Waals surface area contributed by atoms with E-state index in [0.29, 0.717) is 16.3 Å². The molecule has 0 radical (unpaired) electrons. The Morgan fingerprint density at radius 2 is 1.64 bits per heavy atom. The van der Waals surface area contributed by atoms with Gasteiger partial charge in [-0.3, -0.25) is 9.59 Å². The molecule has 4 rings (SSSR count). The SMILES string of the molecule is Cn1cc(C(=O)Nc2cccc3c2ccn3C)c2ccccc2c1=O. The van der Waals surface area contributed by atoms with Crippen LogP contribution in [0.3, 0.4) is 0 Å². The highest BCUT2D eigenvalue weighted by Crippen LogP contribution is 2.25. The summed E-state index contributed by atoms with van der Waals surface area (Å²) in [4.78, 5) is 25.2. The molecule has 2 aromatic carbocycles. The summed E-state index contributed by atoms with van der Waals surface area (Å²) in [6, 6.07) is 14.9. The number of rotatable bonds is 2. The number of carbonyl (C=O) groups is 1. The first-order valence-electron chi connectivity index (χ1n) is 8.00. The van der Waals surface area contributed by atoms with Crippen LogP contribution in [0, 0.1) is 0 Å². The molecule has 5 heteroatoms. The molecule has 1 N–H and O–H groups in total. The van der Waals surface area contributed by atoms with Crippen LogP contribution in [0.5, 0.6) is 0 Å². The summed E-state index contributed by atoms with van der Waals surface area (Å²) in [5.41, 5.74) is 2.16. The van der Waals surface area contributed by atoms with E-state index in [4.69, 9.17) is 0 Å². The summed E-state index contributed by atoms with van der Waals surface area (Å²) in [7, 11) is 3.62. The summed E-state index contributed by atoms with van der Waals surface area (Å²) in [5.74, 6) is -0.233. The van der Waals surface area contributed by atoms with E-state index in [-0.39, 0.29) is 11.5 Å². The predicted octanol–water partition coefficient (Wildman–Crippen LogP) is 3.28. The smallest absolute Gasteiger partial charge is 0.258 e. The van der Waals surface area contributed by atoms with Crippen molar-refractivity contribution < 1.29 is 4.79 Å². The molecule has 25 heavy (non-hydrogen) atoms. The van der Waals surface area contributed by atoms with Gasteiger partial charge in [-0.05, 0) is 24.3 Å². The van der Waals surface area contributed by atoms with Gasteiger partial charge in [0.2, 0.25) is 0 Å². The lowest BCUT2D eigenvalue weighted by atomic mass is 10.1. The molecular formula is C20H17N3O2. The number of nitrogens with one attached hydrogen (secondary N) is 1. The molecule has 2 aromatic heterocycles. The van der Waals surface area contributed by atoms with Gasteiger partial charge in [0.25, 0.3) is 11.5 Å². The average molecular weight is 331 g/mol. The Morgan fingerprint density at radius 1 is 0.880 bits per heavy atom. The van der Waals surface area contributed by atoms with E-state index in [1.54, 1.807) is 31.4 Å². The van der Waals surface area contributed by atoms with Gasteiger partial charge in [-0.2, -0.15) is 0 Å². The lowest BCUT2D eigenvalue weighted by molar-refractivity contribution is 0.102. The van der Waals surface area contributed by atoms with E-state index in [9.17, 15) is 9.59 Å². The molecule has 0 aliphatic rings. The first-order valence-corrected chi connectivity index (χ1v) is 8.00. The number of carbonyl (C=O) groups excluding carboxylic acids is 1. The monoisotopic (exact) mass is 331 g/mol. The molecule has 1 amide bonds. The number of benzene rings is 2. The van der Waals surface area contributed by atoms with Crippen molar-refractivity contribution in [3.05, 3.63) is 76.8 Å². The van der Waals surface area contributed by atoms with Crippen molar-refractivity contribution in [3.8, 4) is 0 Å². The van der Waals surface area contributed by atoms with Crippen LogP contribution in [0.1, 0.15) is 10.4 Å². The number of aromatic nitrogens is 2. The molecule has 0 spiro atoms. The number of pyridine rings is 1. The van der Waals surface area contributed by atoms with Crippen molar-refractivity contribution in [2.75, 3.05) is 5.32 Å². The zero-order valence-corrected chi connectivity index (χ0v) is 14.0. The lowest BCUT2D eigenvalue weighted by Gasteiger charge is -2.11. The van der Waals surface area contributed by atoms with Crippen molar-refractivity contribution >= 4 is 33.3 Å². The van der Waals surface area contributed by atoms with Crippen LogP contribution in [0.2, 0.25) is 0 Å². The van der Waals surface area contributed by atoms with Crippen LogP contribution < -0.4 is 10.9 Å². The number of hydrogen-bond acceptors (Lipinski definition) is 2. The molecule has 5 nitrogen and oxygen atoms in total. The number of amides is 1. The second kappa shape index (κ2) is 5.63. The molecule has 2 heterocycles. The number of fused-ring (bicyclic) bond motifs is 2. The van der Waals surface area contributed by atoms with Crippen LogP contribution in [0.15, 0.2) is 65.7 Å². The molecule has 0 unspecified atom stereocenters. The predicted molar refractivity (Wildman–Crippen MR) is 100 cm³/mol. The summed E-state index contributed by atoms with van der Waals surface area (Å²) in [6.45, 7) is 0. The van der Waals surface area contributed by atoms with E-state index >= 15 is 0 Å². The number of aryl methyl sites for hydroxylation is 2. The van der Waals surface area contributed by atoms with E-state index < -0.39 is 0 Å². The maximum absolute atomic E-state index is 12.9. The first kappa shape index (κ1) is 15.2. The minimum Gasteiger partial charge on any atom is -0.350 e. The van der Waals surface area contributed by atoms with Gasteiger partial charge in [0.15, 0.2) is 0 Å². The van der Waals surface area contributed by atoms with Gasteiger partial charge in [-0.1, -0.05) is 24.3 Å². The topological polar surface area (TPSA) is 56.0 Å². The van der Waals surface area contributed by atoms with Gasteiger partial charge in [0.1, 0.15) is 0 Å². The molecule has 0 atom stereocenters. The molecule has 0 bridgehead atoms. The lowest BCUT2D eigenvalue weighted by Crippen LogP contribution is -2.21. The van der Waals surface area contributed by atoms with Crippen LogP contribution in [0.25, 0.3) is 21.7 Å². The van der Waals surface area contributed by atoms with E-state index in [2.05, 4.69) is 5.32 Å². The molecule has 0 aliphatic heterocycles. The minimum atomic E-state index is -0.233. The van der Waals surface area contributed by atoms with Gasteiger partial charge >= 0.3 is 0 Å². The van der Waals surface area contributed by atoms with Gasteiger partial charge < -0.3 is 14.5 Å². The summed E-state index contributed by atoms with van der Waals surface area (Å²) < 4.78 is 3.45. The summed E-state index contributed by atoms with van der Waals surface area (Å²) in [5, 5.41) is 5.16. The van der Waals surface area contributed by atoms with Crippen LogP contribution >= 0.6 is 0 Å². The van der Waals surface area contributed by atoms with Crippen LogP contribution in [0.4, 0.5) is 5.69 Å². The van der Waals surface area contributed by atoms with Crippen molar-refractivity contribution in [1.82, 2.24) is 9.13 Å². The highest BCUT2D eigenvalue weighted by atomic mass is 16.2. The van der Waals surface area contributed by atoms with E-state index in [1.807, 2.05) is 48.1 Å². The quantitative estimate of drug-likeness (QED) is 0.613. The number of nitrogens with zero attached hydrogens (tertiary/aromatic N) is 2. The molecule has 0 fully saturated rings. The van der Waals surface area contributed by atoms with Crippen LogP contribution in [-0.2, 0) is 14.1 Å². The summed E-state index contributed by atoms with van der Waals surface area (Å²) >= 11 is 0. The fourth-order valence-corrected chi connectivity index (χ4v) is 3.20. The summed E-state index contributed by atoms with van der Waals surface area (Å²) in [6.07, 6.45) is 3.55.